The summed E-state index contributed by atoms with van der Waals surface area (Å²) in [7, 11) is 1.80. The van der Waals surface area contributed by atoms with Crippen LogP contribution in [-0.2, 0) is 27.9 Å². The van der Waals surface area contributed by atoms with Crippen molar-refractivity contribution in [2.75, 3.05) is 0 Å². The SMILES string of the molecule is CC(=O)NC(Cc1cn(C)cn1)C(=O)NC(CCC(C)(C)C)C(=O)O. The van der Waals surface area contributed by atoms with Gasteiger partial charge in [0.2, 0.25) is 11.8 Å². The van der Waals surface area contributed by atoms with Gasteiger partial charge < -0.3 is 20.3 Å². The molecule has 0 aromatic carbocycles. The molecule has 0 bridgehead atoms. The number of nitrogens with one attached hydrogen (secondary N) is 2. The Balaban J connectivity index is 2.80. The molecule has 25 heavy (non-hydrogen) atoms. The van der Waals surface area contributed by atoms with Crippen LogP contribution in [0.15, 0.2) is 12.5 Å². The summed E-state index contributed by atoms with van der Waals surface area (Å²) in [5, 5.41) is 14.5. The number of aryl methyl sites for hydroxylation is 1. The first-order chi connectivity index (χ1) is 11.5. The number of nitrogens with zero attached hydrogens (tertiary/aromatic N) is 2. The third-order valence-electron chi connectivity index (χ3n) is 3.66. The van der Waals surface area contributed by atoms with Crippen molar-refractivity contribution in [2.45, 2.75) is 59.0 Å². The first-order valence-electron chi connectivity index (χ1n) is 8.25. The number of carboxylic acids is 1. The Morgan fingerprint density at radius 1 is 1.24 bits per heavy atom. The largest absolute Gasteiger partial charge is 0.480 e. The van der Waals surface area contributed by atoms with Crippen molar-refractivity contribution in [2.24, 2.45) is 12.5 Å². The third kappa shape index (κ3) is 7.82. The Hall–Kier alpha value is -2.38. The highest BCUT2D eigenvalue weighted by atomic mass is 16.4. The molecule has 3 N–H and O–H groups in total. The molecule has 1 rings (SSSR count). The molecule has 1 heterocycles. The van der Waals surface area contributed by atoms with Gasteiger partial charge in [0.25, 0.3) is 0 Å². The van der Waals surface area contributed by atoms with Gasteiger partial charge in [0.15, 0.2) is 0 Å². The van der Waals surface area contributed by atoms with Gasteiger partial charge in [0.1, 0.15) is 12.1 Å². The number of hydrogen-bond acceptors (Lipinski definition) is 4. The first-order valence-corrected chi connectivity index (χ1v) is 8.25. The maximum atomic E-state index is 12.5. The van der Waals surface area contributed by atoms with E-state index in [-0.39, 0.29) is 17.7 Å². The highest BCUT2D eigenvalue weighted by Gasteiger charge is 2.27. The Bertz CT molecular complexity index is 618. The van der Waals surface area contributed by atoms with E-state index in [0.29, 0.717) is 18.5 Å². The van der Waals surface area contributed by atoms with Crippen molar-refractivity contribution < 1.29 is 19.5 Å². The molecule has 2 unspecified atom stereocenters. The molecular formula is C17H28N4O4. The molecule has 8 nitrogen and oxygen atoms in total. The number of carbonyl (C=O) groups is 3. The van der Waals surface area contributed by atoms with Gasteiger partial charge in [-0.15, -0.1) is 0 Å². The third-order valence-corrected chi connectivity index (χ3v) is 3.66. The van der Waals surface area contributed by atoms with E-state index in [9.17, 15) is 19.5 Å². The highest BCUT2D eigenvalue weighted by Crippen LogP contribution is 2.21. The molecular weight excluding hydrogens is 324 g/mol. The number of aliphatic carboxylic acids is 1. The van der Waals surface area contributed by atoms with Crippen LogP contribution < -0.4 is 10.6 Å². The number of amides is 2. The molecule has 2 amide bonds. The molecule has 1 aromatic heterocycles. The Morgan fingerprint density at radius 3 is 2.32 bits per heavy atom. The summed E-state index contributed by atoms with van der Waals surface area (Å²) in [6, 6.07) is -1.87. The molecule has 8 heteroatoms. The number of carbonyl (C=O) groups excluding carboxylic acids is 2. The lowest BCUT2D eigenvalue weighted by atomic mass is 9.88. The summed E-state index contributed by atoms with van der Waals surface area (Å²) in [4.78, 5) is 39.5. The van der Waals surface area contributed by atoms with Crippen LogP contribution in [0.2, 0.25) is 0 Å². The van der Waals surface area contributed by atoms with E-state index in [1.165, 1.54) is 6.92 Å². The lowest BCUT2D eigenvalue weighted by Gasteiger charge is -2.23. The van der Waals surface area contributed by atoms with Gasteiger partial charge in [-0.2, -0.15) is 0 Å². The van der Waals surface area contributed by atoms with Crippen LogP contribution in [0.5, 0.6) is 0 Å². The smallest absolute Gasteiger partial charge is 0.326 e. The fourth-order valence-corrected chi connectivity index (χ4v) is 2.34. The topological polar surface area (TPSA) is 113 Å². The van der Waals surface area contributed by atoms with E-state index in [1.807, 2.05) is 20.8 Å². The van der Waals surface area contributed by atoms with E-state index in [1.54, 1.807) is 24.1 Å². The molecule has 2 atom stereocenters. The normalized spacial score (nSPS) is 13.8. The van der Waals surface area contributed by atoms with Crippen molar-refractivity contribution >= 4 is 17.8 Å². The lowest BCUT2D eigenvalue weighted by molar-refractivity contribution is -0.142. The van der Waals surface area contributed by atoms with Crippen molar-refractivity contribution in [3.8, 4) is 0 Å². The first kappa shape index (κ1) is 20.7. The van der Waals surface area contributed by atoms with Crippen LogP contribution in [0.4, 0.5) is 0 Å². The maximum absolute atomic E-state index is 12.5. The molecule has 1 aromatic rings. The van der Waals surface area contributed by atoms with Crippen molar-refractivity contribution in [3.63, 3.8) is 0 Å². The van der Waals surface area contributed by atoms with Crippen LogP contribution >= 0.6 is 0 Å². The minimum atomic E-state index is -1.09. The van der Waals surface area contributed by atoms with Crippen molar-refractivity contribution in [1.29, 1.82) is 0 Å². The summed E-state index contributed by atoms with van der Waals surface area (Å²) in [5.74, 6) is -1.98. The molecule has 0 aliphatic heterocycles. The molecule has 0 aliphatic rings. The zero-order chi connectivity index (χ0) is 19.2. The van der Waals surface area contributed by atoms with E-state index in [2.05, 4.69) is 15.6 Å². The summed E-state index contributed by atoms with van der Waals surface area (Å²) in [5.41, 5.74) is 0.599. The van der Waals surface area contributed by atoms with E-state index in [4.69, 9.17) is 0 Å². The van der Waals surface area contributed by atoms with Crippen LogP contribution in [0.1, 0.15) is 46.2 Å². The number of hydrogen-bond donors (Lipinski definition) is 3. The van der Waals surface area contributed by atoms with Gasteiger partial charge in [0.05, 0.1) is 12.0 Å². The summed E-state index contributed by atoms with van der Waals surface area (Å²) < 4.78 is 1.74. The van der Waals surface area contributed by atoms with Gasteiger partial charge in [0, 0.05) is 26.6 Å². The van der Waals surface area contributed by atoms with Crippen LogP contribution in [0.25, 0.3) is 0 Å². The predicted molar refractivity (Wildman–Crippen MR) is 92.8 cm³/mol. The van der Waals surface area contributed by atoms with Crippen molar-refractivity contribution in [1.82, 2.24) is 20.2 Å². The standard InChI is InChI=1S/C17H28N4O4/c1-11(22)19-14(8-12-9-21(5)10-18-12)15(23)20-13(16(24)25)6-7-17(2,3)4/h9-10,13-14H,6-8H2,1-5H3,(H,19,22)(H,20,23)(H,24,25). The minimum Gasteiger partial charge on any atom is -0.480 e. The van der Waals surface area contributed by atoms with Gasteiger partial charge in [-0.05, 0) is 18.3 Å². The minimum absolute atomic E-state index is 0.0383. The molecule has 0 spiro atoms. The highest BCUT2D eigenvalue weighted by molar-refractivity contribution is 5.90. The van der Waals surface area contributed by atoms with Gasteiger partial charge in [-0.1, -0.05) is 20.8 Å². The molecule has 0 saturated carbocycles. The number of aromatic nitrogens is 2. The van der Waals surface area contributed by atoms with Gasteiger partial charge >= 0.3 is 5.97 Å². The van der Waals surface area contributed by atoms with Crippen molar-refractivity contribution in [3.05, 3.63) is 18.2 Å². The molecule has 140 valence electrons. The van der Waals surface area contributed by atoms with Crippen LogP contribution in [0, 0.1) is 5.41 Å². The zero-order valence-electron chi connectivity index (χ0n) is 15.5. The average molecular weight is 352 g/mol. The molecule has 0 aliphatic carbocycles. The van der Waals surface area contributed by atoms with E-state index >= 15 is 0 Å². The van der Waals surface area contributed by atoms with Gasteiger partial charge in [-0.3, -0.25) is 9.59 Å². The Morgan fingerprint density at radius 2 is 1.88 bits per heavy atom. The second kappa shape index (κ2) is 8.64. The number of rotatable bonds is 8. The van der Waals surface area contributed by atoms with Gasteiger partial charge in [-0.25, -0.2) is 9.78 Å². The van der Waals surface area contributed by atoms with Crippen LogP contribution in [0.3, 0.4) is 0 Å². The molecule has 0 fully saturated rings. The Kier molecular flexibility index (Phi) is 7.14. The second-order valence-corrected chi connectivity index (χ2v) is 7.49. The molecule has 0 saturated heterocycles. The van der Waals surface area contributed by atoms with Crippen LogP contribution in [-0.4, -0.2) is 44.5 Å². The monoisotopic (exact) mass is 352 g/mol. The fourth-order valence-electron chi connectivity index (χ4n) is 2.34. The van der Waals surface area contributed by atoms with E-state index < -0.39 is 24.0 Å². The zero-order valence-corrected chi connectivity index (χ0v) is 15.5. The maximum Gasteiger partial charge on any atom is 0.326 e. The quantitative estimate of drug-likeness (QED) is 0.642. The summed E-state index contributed by atoms with van der Waals surface area (Å²) >= 11 is 0. The summed E-state index contributed by atoms with van der Waals surface area (Å²) in [6.45, 7) is 7.34. The lowest BCUT2D eigenvalue weighted by Crippen LogP contribution is -2.52. The van der Waals surface area contributed by atoms with E-state index in [0.717, 1.165) is 0 Å². The fraction of sp³-hybridized carbons (Fsp3) is 0.647. The number of imidazole rings is 1. The summed E-state index contributed by atoms with van der Waals surface area (Å²) in [6.07, 6.45) is 4.51. The molecule has 0 radical (unpaired) electrons. The number of carboxylic acid groups (broad SMARTS) is 1. The average Bonchev–Trinajstić information content (AvgIpc) is 2.86. The Labute approximate surface area is 148 Å². The second-order valence-electron chi connectivity index (χ2n) is 7.49. The predicted octanol–water partition coefficient (Wildman–Crippen LogP) is 0.863.